The van der Waals surface area contributed by atoms with Crippen molar-refractivity contribution >= 4 is 49.0 Å². The van der Waals surface area contributed by atoms with Gasteiger partial charge in [-0.1, -0.05) is 12.1 Å². The number of nitriles is 1. The Bertz CT molecular complexity index is 2130. The standard InChI is InChI=1S/C30H21F8N7O2S/c1-46-28-43-22-19-23(47-10-9-45(27(19)44-28)16(6-7-29(33,34)35)12-3-2-8-42-25(12)40)20(30(36,37)38)18(21(22)32)13-4-5-15(31)24-17(13)14(11-39)26(41)48-24/h2-5,8,16H,6-7,9-10,41H2,1H3,(H2,40,42)/t16-/m1/s1. The molecule has 1 aliphatic heterocycles. The summed E-state index contributed by atoms with van der Waals surface area (Å²) in [7, 11) is 1.10. The average molecular weight is 696 g/mol. The van der Waals surface area contributed by atoms with Crippen LogP contribution in [-0.4, -0.2) is 41.4 Å². The lowest BCUT2D eigenvalue weighted by molar-refractivity contribution is -0.138. The Morgan fingerprint density at radius 3 is 2.50 bits per heavy atom. The van der Waals surface area contributed by atoms with Gasteiger partial charge in [0.2, 0.25) is 0 Å². The molecule has 1 aliphatic rings. The highest BCUT2D eigenvalue weighted by Gasteiger charge is 2.44. The second-order valence-electron chi connectivity index (χ2n) is 10.6. The lowest BCUT2D eigenvalue weighted by atomic mass is 9.91. The van der Waals surface area contributed by atoms with Crippen molar-refractivity contribution in [3.63, 3.8) is 0 Å². The van der Waals surface area contributed by atoms with Crippen molar-refractivity contribution < 1.29 is 44.6 Å². The maximum atomic E-state index is 16.9. The third kappa shape index (κ3) is 5.47. The number of hydrogen-bond donors (Lipinski definition) is 2. The second-order valence-corrected chi connectivity index (χ2v) is 11.6. The van der Waals surface area contributed by atoms with Gasteiger partial charge < -0.3 is 25.8 Å². The normalized spacial score (nSPS) is 14.1. The molecule has 2 aromatic carbocycles. The van der Waals surface area contributed by atoms with Gasteiger partial charge in [0.15, 0.2) is 5.82 Å². The Balaban J connectivity index is 1.73. The van der Waals surface area contributed by atoms with Crippen molar-refractivity contribution in [1.29, 1.82) is 5.26 Å². The number of hydrogen-bond acceptors (Lipinski definition) is 10. The van der Waals surface area contributed by atoms with Gasteiger partial charge in [-0.25, -0.2) is 13.8 Å². The van der Waals surface area contributed by atoms with Crippen molar-refractivity contribution in [2.45, 2.75) is 31.2 Å². The highest BCUT2D eigenvalue weighted by Crippen LogP contribution is 2.54. The number of thiophene rings is 1. The van der Waals surface area contributed by atoms with E-state index in [2.05, 4.69) is 15.0 Å². The van der Waals surface area contributed by atoms with Gasteiger partial charge in [-0.2, -0.15) is 41.6 Å². The van der Waals surface area contributed by atoms with Gasteiger partial charge in [0.1, 0.15) is 52.0 Å². The fourth-order valence-corrected chi connectivity index (χ4v) is 6.84. The molecule has 0 radical (unpaired) electrons. The van der Waals surface area contributed by atoms with Crippen molar-refractivity contribution in [3.05, 3.63) is 58.8 Å². The van der Waals surface area contributed by atoms with Crippen LogP contribution in [0.5, 0.6) is 11.8 Å². The van der Waals surface area contributed by atoms with Crippen LogP contribution in [0.25, 0.3) is 32.1 Å². The van der Waals surface area contributed by atoms with E-state index in [1.54, 1.807) is 6.07 Å². The van der Waals surface area contributed by atoms with Gasteiger partial charge in [0, 0.05) is 29.1 Å². The number of halogens is 8. The van der Waals surface area contributed by atoms with Crippen molar-refractivity contribution in [1.82, 2.24) is 15.0 Å². The summed E-state index contributed by atoms with van der Waals surface area (Å²) in [5.41, 5.74) is 7.67. The van der Waals surface area contributed by atoms with E-state index in [-0.39, 0.29) is 38.6 Å². The largest absolute Gasteiger partial charge is 0.490 e. The Hall–Kier alpha value is -5.18. The topological polar surface area (TPSA) is 136 Å². The van der Waals surface area contributed by atoms with E-state index in [0.29, 0.717) is 11.3 Å². The molecule has 48 heavy (non-hydrogen) atoms. The molecule has 0 unspecified atom stereocenters. The summed E-state index contributed by atoms with van der Waals surface area (Å²) >= 11 is 0.601. The molecule has 4 N–H and O–H groups in total. The smallest absolute Gasteiger partial charge is 0.420 e. The Morgan fingerprint density at radius 1 is 1.10 bits per heavy atom. The first-order valence-corrected chi connectivity index (χ1v) is 14.7. The van der Waals surface area contributed by atoms with Gasteiger partial charge in [-0.05, 0) is 24.1 Å². The molecule has 9 nitrogen and oxygen atoms in total. The number of nitrogen functional groups attached to an aromatic ring is 2. The number of methoxy groups -OCH3 is 1. The van der Waals surface area contributed by atoms with Crippen LogP contribution < -0.4 is 25.8 Å². The number of pyridine rings is 1. The number of fused-ring (bicyclic) bond motifs is 1. The average Bonchev–Trinajstić information content (AvgIpc) is 3.26. The molecule has 0 aliphatic carbocycles. The number of benzene rings is 2. The summed E-state index contributed by atoms with van der Waals surface area (Å²) in [4.78, 5) is 13.4. The first kappa shape index (κ1) is 32.7. The van der Waals surface area contributed by atoms with Gasteiger partial charge in [0.05, 0.1) is 35.3 Å². The predicted octanol–water partition coefficient (Wildman–Crippen LogP) is 7.53. The molecule has 0 saturated heterocycles. The van der Waals surface area contributed by atoms with Crippen molar-refractivity contribution in [2.24, 2.45) is 0 Å². The molecular weight excluding hydrogens is 674 g/mol. The number of nitrogens with zero attached hydrogens (tertiary/aromatic N) is 5. The maximum absolute atomic E-state index is 16.9. The van der Waals surface area contributed by atoms with E-state index in [1.807, 2.05) is 0 Å². The fraction of sp³-hybridized carbons (Fsp3) is 0.267. The quantitative estimate of drug-likeness (QED) is 0.173. The molecule has 0 amide bonds. The van der Waals surface area contributed by atoms with E-state index < -0.39 is 94.6 Å². The zero-order chi connectivity index (χ0) is 34.7. The summed E-state index contributed by atoms with van der Waals surface area (Å²) < 4.78 is 128. The van der Waals surface area contributed by atoms with E-state index in [4.69, 9.17) is 20.9 Å². The maximum Gasteiger partial charge on any atom is 0.420 e. The molecule has 18 heteroatoms. The molecule has 3 aromatic heterocycles. The summed E-state index contributed by atoms with van der Waals surface area (Å²) in [6, 6.07) is 4.47. The zero-order valence-corrected chi connectivity index (χ0v) is 25.2. The Morgan fingerprint density at radius 2 is 1.85 bits per heavy atom. The third-order valence-electron chi connectivity index (χ3n) is 7.82. The molecule has 0 saturated carbocycles. The minimum atomic E-state index is -5.34. The molecule has 0 bridgehead atoms. The number of ether oxygens (including phenoxy) is 2. The predicted molar refractivity (Wildman–Crippen MR) is 160 cm³/mol. The fourth-order valence-electron chi connectivity index (χ4n) is 5.89. The number of alkyl halides is 6. The second kappa shape index (κ2) is 11.8. The van der Waals surface area contributed by atoms with E-state index in [1.165, 1.54) is 23.2 Å². The minimum absolute atomic E-state index is 0.108. The summed E-state index contributed by atoms with van der Waals surface area (Å²) in [6.45, 7) is -0.881. The molecule has 250 valence electrons. The first-order valence-electron chi connectivity index (χ1n) is 13.9. The van der Waals surface area contributed by atoms with Crippen LogP contribution in [0.4, 0.5) is 51.8 Å². The highest BCUT2D eigenvalue weighted by molar-refractivity contribution is 7.23. The van der Waals surface area contributed by atoms with Crippen LogP contribution in [0.2, 0.25) is 0 Å². The van der Waals surface area contributed by atoms with Crippen LogP contribution >= 0.6 is 11.3 Å². The molecule has 0 fully saturated rings. The van der Waals surface area contributed by atoms with Crippen molar-refractivity contribution in [3.8, 4) is 29.0 Å². The van der Waals surface area contributed by atoms with Crippen LogP contribution in [0, 0.1) is 23.0 Å². The molecule has 0 spiro atoms. The monoisotopic (exact) mass is 695 g/mol. The minimum Gasteiger partial charge on any atom is -0.490 e. The zero-order valence-electron chi connectivity index (χ0n) is 24.4. The lowest BCUT2D eigenvalue weighted by Crippen LogP contribution is -2.34. The van der Waals surface area contributed by atoms with Crippen LogP contribution in [0.15, 0.2) is 30.5 Å². The van der Waals surface area contributed by atoms with E-state index in [9.17, 15) is 22.8 Å². The van der Waals surface area contributed by atoms with Crippen LogP contribution in [-0.2, 0) is 6.18 Å². The van der Waals surface area contributed by atoms with Crippen molar-refractivity contribution in [2.75, 3.05) is 36.6 Å². The lowest BCUT2D eigenvalue weighted by Gasteiger charge is -2.33. The Labute approximate surface area is 269 Å². The number of nitrogens with two attached hydrogens (primary N) is 2. The molecular formula is C30H21F8N7O2S. The van der Waals surface area contributed by atoms with Crippen LogP contribution in [0.1, 0.15) is 35.6 Å². The molecule has 4 heterocycles. The molecule has 6 rings (SSSR count). The van der Waals surface area contributed by atoms with E-state index in [0.717, 1.165) is 19.2 Å². The Kier molecular flexibility index (Phi) is 8.06. The summed E-state index contributed by atoms with van der Waals surface area (Å²) in [5, 5.41) is 8.60. The number of rotatable bonds is 6. The number of aromatic nitrogens is 3. The first-order chi connectivity index (χ1) is 22.7. The van der Waals surface area contributed by atoms with E-state index >= 15 is 17.6 Å². The van der Waals surface area contributed by atoms with Gasteiger partial charge in [0.25, 0.3) is 0 Å². The third-order valence-corrected chi connectivity index (χ3v) is 8.85. The number of anilines is 3. The molecule has 1 atom stereocenters. The van der Waals surface area contributed by atoms with Gasteiger partial charge in [-0.3, -0.25) is 0 Å². The van der Waals surface area contributed by atoms with Gasteiger partial charge >= 0.3 is 18.4 Å². The summed E-state index contributed by atoms with van der Waals surface area (Å²) in [5.74, 6) is -3.96. The molecule has 5 aromatic rings. The SMILES string of the molecule is COc1nc2c3c(c(C(F)(F)F)c(-c4ccc(F)c5sc(N)c(C#N)c45)c(F)c3n1)OCCN2[C@H](CCC(F)(F)F)c1cccnc1N. The summed E-state index contributed by atoms with van der Waals surface area (Å²) in [6.07, 6.45) is -10.6. The van der Waals surface area contributed by atoms with Gasteiger partial charge in [-0.15, -0.1) is 11.3 Å². The highest BCUT2D eigenvalue weighted by atomic mass is 32.1. The van der Waals surface area contributed by atoms with Crippen LogP contribution in [0.3, 0.4) is 0 Å².